The summed E-state index contributed by atoms with van der Waals surface area (Å²) in [5.41, 5.74) is 1.45. The van der Waals surface area contributed by atoms with E-state index in [4.69, 9.17) is 9.47 Å². The smallest absolute Gasteiger partial charge is 0.339 e. The molecule has 0 aliphatic heterocycles. The highest BCUT2D eigenvalue weighted by molar-refractivity contribution is 5.91. The second-order valence-corrected chi connectivity index (χ2v) is 7.76. The average Bonchev–Trinajstić information content (AvgIpc) is 2.52. The van der Waals surface area contributed by atoms with Gasteiger partial charge in [0.15, 0.2) is 0 Å². The van der Waals surface area contributed by atoms with Gasteiger partial charge in [0.25, 0.3) is 0 Å². The zero-order chi connectivity index (χ0) is 16.2. The Labute approximate surface area is 136 Å². The summed E-state index contributed by atoms with van der Waals surface area (Å²) in [7, 11) is 3.17. The number of carboxylic acids is 1. The monoisotopic (exact) mass is 316 g/mol. The van der Waals surface area contributed by atoms with Crippen LogP contribution in [0.1, 0.15) is 54.4 Å². The minimum Gasteiger partial charge on any atom is -0.496 e. The molecule has 5 rings (SSSR count). The van der Waals surface area contributed by atoms with E-state index in [1.807, 2.05) is 6.07 Å². The molecular weight excluding hydrogens is 292 g/mol. The van der Waals surface area contributed by atoms with Crippen LogP contribution in [0, 0.1) is 17.8 Å². The molecule has 4 nitrogen and oxygen atoms in total. The van der Waals surface area contributed by atoms with Crippen LogP contribution < -0.4 is 9.47 Å². The van der Waals surface area contributed by atoms with Crippen molar-refractivity contribution in [1.82, 2.24) is 0 Å². The lowest BCUT2D eigenvalue weighted by atomic mass is 9.48. The summed E-state index contributed by atoms with van der Waals surface area (Å²) in [5, 5.41) is 9.55. The molecule has 4 aliphatic rings. The Hall–Kier alpha value is -1.71. The highest BCUT2D eigenvalue weighted by Gasteiger charge is 2.52. The molecule has 0 heterocycles. The minimum absolute atomic E-state index is 0.108. The van der Waals surface area contributed by atoms with E-state index in [1.54, 1.807) is 13.2 Å². The SMILES string of the molecule is COc1cc(OC)c(C23CC4CC(CC(C4)C2)C3)cc1C(=O)O. The third-order valence-electron chi connectivity index (χ3n) is 6.36. The number of hydrogen-bond acceptors (Lipinski definition) is 3. The molecule has 4 bridgehead atoms. The van der Waals surface area contributed by atoms with Gasteiger partial charge in [0, 0.05) is 11.6 Å². The molecule has 4 aliphatic carbocycles. The van der Waals surface area contributed by atoms with Gasteiger partial charge in [-0.3, -0.25) is 0 Å². The van der Waals surface area contributed by atoms with Crippen LogP contribution in [0.2, 0.25) is 0 Å². The molecule has 0 unspecified atom stereocenters. The quantitative estimate of drug-likeness (QED) is 0.916. The highest BCUT2D eigenvalue weighted by Crippen LogP contribution is 2.62. The Morgan fingerprint density at radius 2 is 1.52 bits per heavy atom. The summed E-state index contributed by atoms with van der Waals surface area (Å²) >= 11 is 0. The van der Waals surface area contributed by atoms with Gasteiger partial charge >= 0.3 is 5.97 Å². The fourth-order valence-corrected chi connectivity index (χ4v) is 5.92. The van der Waals surface area contributed by atoms with Gasteiger partial charge in [0.1, 0.15) is 17.1 Å². The summed E-state index contributed by atoms with van der Waals surface area (Å²) in [6.07, 6.45) is 7.64. The maximum atomic E-state index is 11.6. The Morgan fingerprint density at radius 1 is 1.00 bits per heavy atom. The number of hydrogen-bond donors (Lipinski definition) is 1. The molecule has 0 atom stereocenters. The maximum absolute atomic E-state index is 11.6. The van der Waals surface area contributed by atoms with Crippen LogP contribution >= 0.6 is 0 Å². The number of aromatic carboxylic acids is 1. The minimum atomic E-state index is -0.935. The Bertz CT molecular complexity index is 614. The normalized spacial score (nSPS) is 34.4. The summed E-state index contributed by atoms with van der Waals surface area (Å²) in [5.74, 6) is 2.65. The zero-order valence-electron chi connectivity index (χ0n) is 13.8. The van der Waals surface area contributed by atoms with Crippen molar-refractivity contribution in [3.8, 4) is 11.5 Å². The fourth-order valence-electron chi connectivity index (χ4n) is 5.92. The lowest BCUT2D eigenvalue weighted by Crippen LogP contribution is -2.48. The summed E-state index contributed by atoms with van der Waals surface area (Å²) in [6.45, 7) is 0. The molecule has 0 radical (unpaired) electrons. The first kappa shape index (κ1) is 14.9. The van der Waals surface area contributed by atoms with E-state index in [1.165, 1.54) is 45.6 Å². The number of benzene rings is 1. The van der Waals surface area contributed by atoms with Gasteiger partial charge in [-0.25, -0.2) is 4.79 Å². The van der Waals surface area contributed by atoms with Gasteiger partial charge in [-0.1, -0.05) is 0 Å². The van der Waals surface area contributed by atoms with E-state index in [0.717, 1.165) is 29.1 Å². The van der Waals surface area contributed by atoms with Crippen molar-refractivity contribution in [2.75, 3.05) is 14.2 Å². The van der Waals surface area contributed by atoms with Crippen LogP contribution in [0.3, 0.4) is 0 Å². The molecule has 1 N–H and O–H groups in total. The van der Waals surface area contributed by atoms with Crippen molar-refractivity contribution in [2.24, 2.45) is 17.8 Å². The molecular formula is C19H24O4. The Kier molecular flexibility index (Phi) is 3.33. The molecule has 4 fully saturated rings. The van der Waals surface area contributed by atoms with Crippen molar-refractivity contribution in [1.29, 1.82) is 0 Å². The van der Waals surface area contributed by atoms with Crippen LogP contribution in [-0.2, 0) is 5.41 Å². The zero-order valence-corrected chi connectivity index (χ0v) is 13.8. The molecule has 1 aromatic rings. The van der Waals surface area contributed by atoms with Crippen molar-refractivity contribution in [3.05, 3.63) is 23.3 Å². The van der Waals surface area contributed by atoms with E-state index in [-0.39, 0.29) is 11.0 Å². The van der Waals surface area contributed by atoms with E-state index in [9.17, 15) is 9.90 Å². The molecule has 4 saturated carbocycles. The topological polar surface area (TPSA) is 55.8 Å². The third kappa shape index (κ3) is 2.22. The number of methoxy groups -OCH3 is 2. The van der Waals surface area contributed by atoms with Crippen molar-refractivity contribution in [3.63, 3.8) is 0 Å². The highest BCUT2D eigenvalue weighted by atomic mass is 16.5. The number of carboxylic acid groups (broad SMARTS) is 1. The summed E-state index contributed by atoms with van der Waals surface area (Å²) in [6, 6.07) is 3.59. The maximum Gasteiger partial charge on any atom is 0.339 e. The van der Waals surface area contributed by atoms with Crippen molar-refractivity contribution in [2.45, 2.75) is 43.9 Å². The molecule has 0 saturated heterocycles. The van der Waals surface area contributed by atoms with Crippen LogP contribution in [-0.4, -0.2) is 25.3 Å². The third-order valence-corrected chi connectivity index (χ3v) is 6.36. The average molecular weight is 316 g/mol. The molecule has 124 valence electrons. The van der Waals surface area contributed by atoms with E-state index < -0.39 is 5.97 Å². The Balaban J connectivity index is 1.84. The van der Waals surface area contributed by atoms with Gasteiger partial charge in [-0.05, 0) is 67.8 Å². The van der Waals surface area contributed by atoms with Gasteiger partial charge in [-0.15, -0.1) is 0 Å². The van der Waals surface area contributed by atoms with E-state index in [2.05, 4.69) is 0 Å². The Morgan fingerprint density at radius 3 is 1.96 bits per heavy atom. The molecule has 0 amide bonds. The molecule has 23 heavy (non-hydrogen) atoms. The van der Waals surface area contributed by atoms with Crippen molar-refractivity contribution < 1.29 is 19.4 Å². The standard InChI is InChI=1S/C19H24O4/c1-22-16-7-17(23-2)15(6-14(16)18(20)21)19-8-11-3-12(9-19)5-13(4-11)10-19/h6-7,11-13H,3-5,8-10H2,1-2H3,(H,20,21). The molecule has 1 aromatic carbocycles. The first-order chi connectivity index (χ1) is 11.0. The first-order valence-electron chi connectivity index (χ1n) is 8.54. The van der Waals surface area contributed by atoms with Gasteiger partial charge in [-0.2, -0.15) is 0 Å². The lowest BCUT2D eigenvalue weighted by Gasteiger charge is -2.57. The fraction of sp³-hybridized carbons (Fsp3) is 0.632. The predicted octanol–water partition coefficient (Wildman–Crippen LogP) is 3.87. The second-order valence-electron chi connectivity index (χ2n) is 7.76. The van der Waals surface area contributed by atoms with Crippen molar-refractivity contribution >= 4 is 5.97 Å². The van der Waals surface area contributed by atoms with E-state index in [0.29, 0.717) is 5.75 Å². The number of rotatable bonds is 4. The van der Waals surface area contributed by atoms with Crippen LogP contribution in [0.4, 0.5) is 0 Å². The largest absolute Gasteiger partial charge is 0.496 e. The number of carbonyl (C=O) groups is 1. The number of ether oxygens (including phenoxy) is 2. The summed E-state index contributed by atoms with van der Waals surface area (Å²) in [4.78, 5) is 11.6. The summed E-state index contributed by atoms with van der Waals surface area (Å²) < 4.78 is 10.9. The van der Waals surface area contributed by atoms with Gasteiger partial charge in [0.2, 0.25) is 0 Å². The lowest BCUT2D eigenvalue weighted by molar-refractivity contribution is -0.00621. The van der Waals surface area contributed by atoms with Gasteiger partial charge < -0.3 is 14.6 Å². The van der Waals surface area contributed by atoms with Crippen LogP contribution in [0.15, 0.2) is 12.1 Å². The van der Waals surface area contributed by atoms with E-state index >= 15 is 0 Å². The second kappa shape index (κ2) is 5.15. The predicted molar refractivity (Wildman–Crippen MR) is 86.4 cm³/mol. The molecule has 0 aromatic heterocycles. The van der Waals surface area contributed by atoms with Crippen LogP contribution in [0.25, 0.3) is 0 Å². The molecule has 4 heteroatoms. The molecule has 0 spiro atoms. The van der Waals surface area contributed by atoms with Gasteiger partial charge in [0.05, 0.1) is 14.2 Å². The first-order valence-corrected chi connectivity index (χ1v) is 8.54. The van der Waals surface area contributed by atoms with Crippen LogP contribution in [0.5, 0.6) is 11.5 Å².